The molecule has 0 atom stereocenters. The predicted molar refractivity (Wildman–Crippen MR) is 106 cm³/mol. The number of halogens is 3. The Hall–Kier alpha value is -3.08. The molecule has 2 aromatic carbocycles. The van der Waals surface area contributed by atoms with Crippen LogP contribution in [0.5, 0.6) is 5.75 Å². The summed E-state index contributed by atoms with van der Waals surface area (Å²) in [6, 6.07) is 14.4. The zero-order valence-corrected chi connectivity index (χ0v) is 16.9. The second-order valence-electron chi connectivity index (χ2n) is 6.40. The zero-order valence-electron chi connectivity index (χ0n) is 16.1. The van der Waals surface area contributed by atoms with Gasteiger partial charge in [0.2, 0.25) is 11.1 Å². The molecule has 0 aliphatic carbocycles. The maximum Gasteiger partial charge on any atom is 0.573 e. The summed E-state index contributed by atoms with van der Waals surface area (Å²) in [4.78, 5) is 14.5. The highest BCUT2D eigenvalue weighted by atomic mass is 32.2. The van der Waals surface area contributed by atoms with Gasteiger partial charge in [-0.1, -0.05) is 30.0 Å². The van der Waals surface area contributed by atoms with Crippen molar-refractivity contribution in [3.63, 3.8) is 0 Å². The SMILES string of the molecule is CC(C)N(C(=O)CSc1nnnn1-c1ccc(OC(F)(F)F)cc1)c1ccccc1. The van der Waals surface area contributed by atoms with E-state index in [4.69, 9.17) is 0 Å². The number of ether oxygens (including phenoxy) is 1. The lowest BCUT2D eigenvalue weighted by Crippen LogP contribution is -2.38. The molecule has 0 bridgehead atoms. The average molecular weight is 437 g/mol. The molecule has 0 N–H and O–H groups in total. The maximum absolute atomic E-state index is 12.8. The van der Waals surface area contributed by atoms with Gasteiger partial charge in [0.1, 0.15) is 5.75 Å². The van der Waals surface area contributed by atoms with E-state index >= 15 is 0 Å². The third kappa shape index (κ3) is 5.50. The van der Waals surface area contributed by atoms with Crippen molar-refractivity contribution in [2.45, 2.75) is 31.4 Å². The fourth-order valence-electron chi connectivity index (χ4n) is 2.73. The molecule has 3 aromatic rings. The number of tetrazole rings is 1. The molecule has 7 nitrogen and oxygen atoms in total. The number of rotatable bonds is 7. The Morgan fingerprint density at radius 3 is 2.40 bits per heavy atom. The molecule has 0 saturated carbocycles. The van der Waals surface area contributed by atoms with Gasteiger partial charge in [-0.2, -0.15) is 4.68 Å². The highest BCUT2D eigenvalue weighted by Crippen LogP contribution is 2.25. The number of alkyl halides is 3. The molecule has 30 heavy (non-hydrogen) atoms. The van der Waals surface area contributed by atoms with Crippen LogP contribution in [-0.2, 0) is 4.79 Å². The van der Waals surface area contributed by atoms with Gasteiger partial charge in [0, 0.05) is 11.7 Å². The Kier molecular flexibility index (Phi) is 6.60. The minimum absolute atomic E-state index is 0.0438. The smallest absolute Gasteiger partial charge is 0.406 e. The van der Waals surface area contributed by atoms with E-state index < -0.39 is 6.36 Å². The van der Waals surface area contributed by atoms with Gasteiger partial charge in [0.05, 0.1) is 11.4 Å². The van der Waals surface area contributed by atoms with Crippen LogP contribution in [0.2, 0.25) is 0 Å². The number of para-hydroxylation sites is 1. The average Bonchev–Trinajstić information content (AvgIpc) is 3.15. The first-order valence-electron chi connectivity index (χ1n) is 8.89. The minimum atomic E-state index is -4.77. The zero-order chi connectivity index (χ0) is 21.7. The molecule has 0 radical (unpaired) electrons. The Morgan fingerprint density at radius 2 is 1.80 bits per heavy atom. The quantitative estimate of drug-likeness (QED) is 0.519. The van der Waals surface area contributed by atoms with Crippen LogP contribution in [0.1, 0.15) is 13.8 Å². The van der Waals surface area contributed by atoms with Crippen LogP contribution in [0.4, 0.5) is 18.9 Å². The number of thioether (sulfide) groups is 1. The molecule has 0 aliphatic heterocycles. The van der Waals surface area contributed by atoms with Crippen molar-refractivity contribution < 1.29 is 22.7 Å². The van der Waals surface area contributed by atoms with Gasteiger partial charge in [0.25, 0.3) is 0 Å². The standard InChI is InChI=1S/C19H18F3N5O2S/c1-13(2)26(14-6-4-3-5-7-14)17(28)12-30-18-23-24-25-27(18)15-8-10-16(11-9-15)29-19(20,21)22/h3-11,13H,12H2,1-2H3. The number of benzene rings is 2. The normalized spacial score (nSPS) is 11.5. The molecule has 1 aromatic heterocycles. The molecule has 0 saturated heterocycles. The molecule has 3 rings (SSSR count). The molecular formula is C19H18F3N5O2S. The summed E-state index contributed by atoms with van der Waals surface area (Å²) in [7, 11) is 0. The monoisotopic (exact) mass is 437 g/mol. The molecule has 158 valence electrons. The third-order valence-electron chi connectivity index (χ3n) is 3.90. The fourth-order valence-corrected chi connectivity index (χ4v) is 3.48. The van der Waals surface area contributed by atoms with Crippen molar-refractivity contribution >= 4 is 23.4 Å². The summed E-state index contributed by atoms with van der Waals surface area (Å²) in [5.74, 6) is -0.383. The van der Waals surface area contributed by atoms with E-state index in [1.54, 1.807) is 4.90 Å². The van der Waals surface area contributed by atoms with Crippen LogP contribution >= 0.6 is 11.8 Å². The minimum Gasteiger partial charge on any atom is -0.406 e. The van der Waals surface area contributed by atoms with Gasteiger partial charge in [-0.25, -0.2) is 0 Å². The van der Waals surface area contributed by atoms with Crippen molar-refractivity contribution in [3.8, 4) is 11.4 Å². The van der Waals surface area contributed by atoms with E-state index in [0.717, 1.165) is 17.4 Å². The van der Waals surface area contributed by atoms with Crippen molar-refractivity contribution in [2.75, 3.05) is 10.7 Å². The Labute approximate surface area is 174 Å². The summed E-state index contributed by atoms with van der Waals surface area (Å²) in [6.07, 6.45) is -4.77. The molecule has 0 aliphatic rings. The molecule has 1 heterocycles. The number of carbonyl (C=O) groups excluding carboxylic acids is 1. The molecule has 1 amide bonds. The van der Waals surface area contributed by atoms with Crippen LogP contribution in [0.15, 0.2) is 59.8 Å². The third-order valence-corrected chi connectivity index (χ3v) is 4.80. The van der Waals surface area contributed by atoms with Crippen LogP contribution in [0.3, 0.4) is 0 Å². The van der Waals surface area contributed by atoms with Gasteiger partial charge >= 0.3 is 6.36 Å². The number of aromatic nitrogens is 4. The van der Waals surface area contributed by atoms with Gasteiger partial charge in [-0.3, -0.25) is 4.79 Å². The molecule has 0 unspecified atom stereocenters. The summed E-state index contributed by atoms with van der Waals surface area (Å²) in [5, 5.41) is 11.7. The molecule has 11 heteroatoms. The van der Waals surface area contributed by atoms with E-state index in [0.29, 0.717) is 10.8 Å². The molecular weight excluding hydrogens is 419 g/mol. The predicted octanol–water partition coefficient (Wildman–Crippen LogP) is 4.09. The Bertz CT molecular complexity index is 978. The molecule has 0 spiro atoms. The second kappa shape index (κ2) is 9.16. The van der Waals surface area contributed by atoms with Crippen LogP contribution in [0.25, 0.3) is 5.69 Å². The topological polar surface area (TPSA) is 73.1 Å². The van der Waals surface area contributed by atoms with E-state index in [2.05, 4.69) is 20.3 Å². The van der Waals surface area contributed by atoms with Crippen LogP contribution < -0.4 is 9.64 Å². The van der Waals surface area contributed by atoms with Gasteiger partial charge in [-0.15, -0.1) is 18.3 Å². The van der Waals surface area contributed by atoms with E-state index in [1.807, 2.05) is 44.2 Å². The number of carbonyl (C=O) groups is 1. The Balaban J connectivity index is 1.71. The summed E-state index contributed by atoms with van der Waals surface area (Å²) < 4.78 is 42.1. The Morgan fingerprint density at radius 1 is 1.13 bits per heavy atom. The number of hydrogen-bond acceptors (Lipinski definition) is 6. The van der Waals surface area contributed by atoms with Crippen molar-refractivity contribution in [1.82, 2.24) is 20.2 Å². The fraction of sp³-hybridized carbons (Fsp3) is 0.263. The highest BCUT2D eigenvalue weighted by Gasteiger charge is 2.31. The van der Waals surface area contributed by atoms with Crippen molar-refractivity contribution in [3.05, 3.63) is 54.6 Å². The molecule has 0 fully saturated rings. The number of hydrogen-bond donors (Lipinski definition) is 0. The van der Waals surface area contributed by atoms with Crippen LogP contribution in [-0.4, -0.2) is 44.3 Å². The first kappa shape index (κ1) is 21.6. The number of nitrogens with zero attached hydrogens (tertiary/aromatic N) is 5. The lowest BCUT2D eigenvalue weighted by molar-refractivity contribution is -0.274. The van der Waals surface area contributed by atoms with Gasteiger partial charge < -0.3 is 9.64 Å². The maximum atomic E-state index is 12.8. The highest BCUT2D eigenvalue weighted by molar-refractivity contribution is 7.99. The number of anilines is 1. The van der Waals surface area contributed by atoms with Crippen LogP contribution in [0, 0.1) is 0 Å². The van der Waals surface area contributed by atoms with E-state index in [1.165, 1.54) is 28.9 Å². The summed E-state index contributed by atoms with van der Waals surface area (Å²) >= 11 is 1.14. The van der Waals surface area contributed by atoms with E-state index in [9.17, 15) is 18.0 Å². The lowest BCUT2D eigenvalue weighted by atomic mass is 10.2. The lowest BCUT2D eigenvalue weighted by Gasteiger charge is -2.26. The largest absolute Gasteiger partial charge is 0.573 e. The van der Waals surface area contributed by atoms with E-state index in [-0.39, 0.29) is 23.5 Å². The first-order valence-corrected chi connectivity index (χ1v) is 9.87. The number of amides is 1. The van der Waals surface area contributed by atoms with Crippen molar-refractivity contribution in [2.24, 2.45) is 0 Å². The van der Waals surface area contributed by atoms with Gasteiger partial charge in [-0.05, 0) is 60.7 Å². The first-order chi connectivity index (χ1) is 14.2. The van der Waals surface area contributed by atoms with Gasteiger partial charge in [0.15, 0.2) is 0 Å². The summed E-state index contributed by atoms with van der Waals surface area (Å²) in [5.41, 5.74) is 1.23. The summed E-state index contributed by atoms with van der Waals surface area (Å²) in [6.45, 7) is 3.84. The van der Waals surface area contributed by atoms with Crippen molar-refractivity contribution in [1.29, 1.82) is 0 Å². The second-order valence-corrected chi connectivity index (χ2v) is 7.34.